The zero-order valence-corrected chi connectivity index (χ0v) is 13.9. The molecule has 5 nitrogen and oxygen atoms in total. The smallest absolute Gasteiger partial charge is 0.328 e. The molecule has 0 bridgehead atoms. The molecule has 1 spiro atoms. The molecule has 0 radical (unpaired) electrons. The molecular formula is C18H25NO4. The van der Waals surface area contributed by atoms with Crippen molar-refractivity contribution in [2.75, 3.05) is 32.9 Å². The standard InChI is InChI=1S/C18H25NO4/c1-3-21-17(20)16(15-7-5-4-6-8-15)19-10-12-23-18(13-19)9-11-22-14(18)2/h4-8,14,16H,3,9-13H2,1-2H3. The monoisotopic (exact) mass is 319 g/mol. The van der Waals surface area contributed by atoms with Gasteiger partial charge in [-0.3, -0.25) is 4.90 Å². The normalized spacial score (nSPS) is 29.6. The number of carbonyl (C=O) groups excluding carboxylic acids is 1. The second-order valence-corrected chi connectivity index (χ2v) is 6.21. The number of morpholine rings is 1. The largest absolute Gasteiger partial charge is 0.465 e. The van der Waals surface area contributed by atoms with Crippen molar-refractivity contribution in [3.8, 4) is 0 Å². The Kier molecular flexibility index (Phi) is 4.99. The summed E-state index contributed by atoms with van der Waals surface area (Å²) in [4.78, 5) is 14.8. The van der Waals surface area contributed by atoms with Gasteiger partial charge in [0.15, 0.2) is 0 Å². The Labute approximate surface area is 137 Å². The maximum Gasteiger partial charge on any atom is 0.328 e. The lowest BCUT2D eigenvalue weighted by molar-refractivity contribution is -0.165. The van der Waals surface area contributed by atoms with Gasteiger partial charge in [0, 0.05) is 26.1 Å². The molecule has 0 aromatic heterocycles. The van der Waals surface area contributed by atoms with E-state index >= 15 is 0 Å². The van der Waals surface area contributed by atoms with Crippen LogP contribution in [0.25, 0.3) is 0 Å². The maximum absolute atomic E-state index is 12.6. The highest BCUT2D eigenvalue weighted by molar-refractivity contribution is 5.77. The van der Waals surface area contributed by atoms with Crippen molar-refractivity contribution in [2.45, 2.75) is 38.0 Å². The number of ether oxygens (including phenoxy) is 3. The Morgan fingerprint density at radius 3 is 2.83 bits per heavy atom. The van der Waals surface area contributed by atoms with Crippen LogP contribution in [-0.4, -0.2) is 55.5 Å². The van der Waals surface area contributed by atoms with Gasteiger partial charge in [0.1, 0.15) is 11.6 Å². The van der Waals surface area contributed by atoms with Gasteiger partial charge in [-0.05, 0) is 19.4 Å². The average molecular weight is 319 g/mol. The Bertz CT molecular complexity index is 535. The van der Waals surface area contributed by atoms with Gasteiger partial charge in [-0.2, -0.15) is 0 Å². The molecule has 5 heteroatoms. The number of esters is 1. The summed E-state index contributed by atoms with van der Waals surface area (Å²) >= 11 is 0. The SMILES string of the molecule is CCOC(=O)C(c1ccccc1)N1CCOC2(CCOC2C)C1. The van der Waals surface area contributed by atoms with Crippen molar-refractivity contribution in [1.82, 2.24) is 4.90 Å². The van der Waals surface area contributed by atoms with E-state index < -0.39 is 0 Å². The molecule has 0 saturated carbocycles. The third-order valence-corrected chi connectivity index (χ3v) is 4.86. The fraction of sp³-hybridized carbons (Fsp3) is 0.611. The lowest BCUT2D eigenvalue weighted by Crippen LogP contribution is -2.57. The van der Waals surface area contributed by atoms with Crippen molar-refractivity contribution in [3.05, 3.63) is 35.9 Å². The van der Waals surface area contributed by atoms with Crippen molar-refractivity contribution in [3.63, 3.8) is 0 Å². The van der Waals surface area contributed by atoms with Gasteiger partial charge in [0.25, 0.3) is 0 Å². The number of carbonyl (C=O) groups is 1. The number of benzene rings is 1. The quantitative estimate of drug-likeness (QED) is 0.796. The molecule has 2 fully saturated rings. The number of nitrogens with zero attached hydrogens (tertiary/aromatic N) is 1. The van der Waals surface area contributed by atoms with Crippen molar-refractivity contribution in [1.29, 1.82) is 0 Å². The van der Waals surface area contributed by atoms with Crippen LogP contribution in [0.3, 0.4) is 0 Å². The molecule has 2 aliphatic heterocycles. The first-order chi connectivity index (χ1) is 11.2. The minimum Gasteiger partial charge on any atom is -0.465 e. The summed E-state index contributed by atoms with van der Waals surface area (Å²) in [5, 5.41) is 0. The highest BCUT2D eigenvalue weighted by Gasteiger charge is 2.48. The average Bonchev–Trinajstić information content (AvgIpc) is 2.89. The van der Waals surface area contributed by atoms with Crippen LogP contribution in [0.15, 0.2) is 30.3 Å². The van der Waals surface area contributed by atoms with E-state index in [1.807, 2.05) is 37.3 Å². The third-order valence-electron chi connectivity index (χ3n) is 4.86. The molecule has 2 saturated heterocycles. The van der Waals surface area contributed by atoms with E-state index in [2.05, 4.69) is 11.8 Å². The Morgan fingerprint density at radius 2 is 2.17 bits per heavy atom. The van der Waals surface area contributed by atoms with Crippen LogP contribution in [0.2, 0.25) is 0 Å². The zero-order valence-electron chi connectivity index (χ0n) is 13.9. The van der Waals surface area contributed by atoms with Crippen molar-refractivity contribution >= 4 is 5.97 Å². The lowest BCUT2D eigenvalue weighted by Gasteiger charge is -2.44. The summed E-state index contributed by atoms with van der Waals surface area (Å²) < 4.78 is 17.1. The molecule has 126 valence electrons. The molecule has 23 heavy (non-hydrogen) atoms. The van der Waals surface area contributed by atoms with E-state index in [1.165, 1.54) is 0 Å². The first-order valence-corrected chi connectivity index (χ1v) is 8.37. The van der Waals surface area contributed by atoms with Crippen LogP contribution in [0.4, 0.5) is 0 Å². The second kappa shape index (κ2) is 6.99. The lowest BCUT2D eigenvalue weighted by atomic mass is 9.92. The van der Waals surface area contributed by atoms with Crippen molar-refractivity contribution < 1.29 is 19.0 Å². The maximum atomic E-state index is 12.6. The van der Waals surface area contributed by atoms with Crippen LogP contribution in [0.5, 0.6) is 0 Å². The van der Waals surface area contributed by atoms with E-state index in [0.29, 0.717) is 32.9 Å². The van der Waals surface area contributed by atoms with Gasteiger partial charge in [0.2, 0.25) is 0 Å². The number of hydrogen-bond acceptors (Lipinski definition) is 5. The molecule has 1 aromatic carbocycles. The molecule has 2 aliphatic rings. The summed E-state index contributed by atoms with van der Waals surface area (Å²) in [5.41, 5.74) is 0.659. The summed E-state index contributed by atoms with van der Waals surface area (Å²) in [6.07, 6.45) is 0.915. The molecule has 0 aliphatic carbocycles. The van der Waals surface area contributed by atoms with E-state index in [1.54, 1.807) is 0 Å². The van der Waals surface area contributed by atoms with Gasteiger partial charge < -0.3 is 14.2 Å². The molecule has 3 atom stereocenters. The van der Waals surface area contributed by atoms with E-state index in [-0.39, 0.29) is 23.7 Å². The number of hydrogen-bond donors (Lipinski definition) is 0. The molecular weight excluding hydrogens is 294 g/mol. The van der Waals surface area contributed by atoms with Gasteiger partial charge in [-0.25, -0.2) is 4.79 Å². The van der Waals surface area contributed by atoms with Crippen LogP contribution < -0.4 is 0 Å². The topological polar surface area (TPSA) is 48.0 Å². The Morgan fingerprint density at radius 1 is 1.39 bits per heavy atom. The van der Waals surface area contributed by atoms with Gasteiger partial charge >= 0.3 is 5.97 Å². The van der Waals surface area contributed by atoms with Gasteiger partial charge in [0.05, 0.1) is 19.3 Å². The summed E-state index contributed by atoms with van der Waals surface area (Å²) in [5.74, 6) is -0.192. The van der Waals surface area contributed by atoms with E-state index in [4.69, 9.17) is 14.2 Å². The summed E-state index contributed by atoms with van der Waals surface area (Å²) in [7, 11) is 0. The predicted molar refractivity (Wildman–Crippen MR) is 86.1 cm³/mol. The Balaban J connectivity index is 1.86. The first kappa shape index (κ1) is 16.4. The van der Waals surface area contributed by atoms with Crippen molar-refractivity contribution in [2.24, 2.45) is 0 Å². The molecule has 0 amide bonds. The Hall–Kier alpha value is -1.43. The molecule has 0 N–H and O–H groups in total. The van der Waals surface area contributed by atoms with E-state index in [0.717, 1.165) is 12.0 Å². The van der Waals surface area contributed by atoms with Gasteiger partial charge in [-0.1, -0.05) is 30.3 Å². The van der Waals surface area contributed by atoms with E-state index in [9.17, 15) is 4.79 Å². The minimum atomic E-state index is -0.385. The third kappa shape index (κ3) is 3.27. The van der Waals surface area contributed by atoms with Crippen LogP contribution >= 0.6 is 0 Å². The van der Waals surface area contributed by atoms with Crippen LogP contribution in [0.1, 0.15) is 31.9 Å². The molecule has 2 heterocycles. The van der Waals surface area contributed by atoms with Gasteiger partial charge in [-0.15, -0.1) is 0 Å². The predicted octanol–water partition coefficient (Wildman–Crippen LogP) is 2.17. The highest BCUT2D eigenvalue weighted by atomic mass is 16.6. The van der Waals surface area contributed by atoms with Crippen LogP contribution in [0, 0.1) is 0 Å². The first-order valence-electron chi connectivity index (χ1n) is 8.37. The zero-order chi connectivity index (χ0) is 16.3. The number of rotatable bonds is 4. The molecule has 3 rings (SSSR count). The fourth-order valence-electron chi connectivity index (χ4n) is 3.57. The second-order valence-electron chi connectivity index (χ2n) is 6.21. The fourth-order valence-corrected chi connectivity index (χ4v) is 3.57. The summed E-state index contributed by atoms with van der Waals surface area (Å²) in [6.45, 7) is 7.00. The molecule has 3 unspecified atom stereocenters. The molecule has 1 aromatic rings. The van der Waals surface area contributed by atoms with Crippen LogP contribution in [-0.2, 0) is 19.0 Å². The summed E-state index contributed by atoms with van der Waals surface area (Å²) in [6, 6.07) is 9.46. The highest BCUT2D eigenvalue weighted by Crippen LogP contribution is 2.36. The minimum absolute atomic E-state index is 0.0453.